The number of carboxylic acid groups (broad SMARTS) is 1. The number of benzene rings is 1. The molecule has 0 aliphatic heterocycles. The van der Waals surface area contributed by atoms with E-state index in [0.29, 0.717) is 11.3 Å². The van der Waals surface area contributed by atoms with E-state index in [-0.39, 0.29) is 17.1 Å². The molecule has 0 unspecified atom stereocenters. The number of hydrogen-bond donors (Lipinski definition) is 2. The Balaban J connectivity index is 2.94. The number of nitrogens with zero attached hydrogens (tertiary/aromatic N) is 1. The van der Waals surface area contributed by atoms with Crippen LogP contribution in [0.5, 0.6) is 0 Å². The molecular formula is C13H15ClN2O5. The molecule has 0 fully saturated rings. The summed E-state index contributed by atoms with van der Waals surface area (Å²) in [6.45, 7) is 4.45. The summed E-state index contributed by atoms with van der Waals surface area (Å²) in [4.78, 5) is 33.0. The average molecular weight is 315 g/mol. The lowest BCUT2D eigenvalue weighted by Gasteiger charge is -2.18. The third kappa shape index (κ3) is 4.16. The number of halogens is 1. The zero-order chi connectivity index (χ0) is 16.4. The summed E-state index contributed by atoms with van der Waals surface area (Å²) in [6.07, 6.45) is -0.226. The fraction of sp³-hybridized carbons (Fsp3) is 0.385. The van der Waals surface area contributed by atoms with E-state index in [2.05, 4.69) is 5.32 Å². The highest BCUT2D eigenvalue weighted by molar-refractivity contribution is 6.33. The summed E-state index contributed by atoms with van der Waals surface area (Å²) in [5.41, 5.74) is -0.676. The standard InChI is InChI=1S/C13H15ClN2O5/c1-7-4-10(16(20)21)8(14)5-9(7)15-11(17)6-13(2,3)12(18)19/h4-5H,6H2,1-3H3,(H,15,17)(H,18,19). The van der Waals surface area contributed by atoms with Crippen molar-refractivity contribution in [3.8, 4) is 0 Å². The maximum absolute atomic E-state index is 11.9. The molecule has 0 saturated carbocycles. The van der Waals surface area contributed by atoms with Gasteiger partial charge in [-0.1, -0.05) is 11.6 Å². The van der Waals surface area contributed by atoms with Crippen molar-refractivity contribution in [1.29, 1.82) is 0 Å². The number of hydrogen-bond acceptors (Lipinski definition) is 4. The third-order valence-corrected chi connectivity index (χ3v) is 3.25. The van der Waals surface area contributed by atoms with Crippen molar-refractivity contribution in [1.82, 2.24) is 0 Å². The second kappa shape index (κ2) is 6.09. The van der Waals surface area contributed by atoms with Crippen molar-refractivity contribution < 1.29 is 19.6 Å². The Morgan fingerprint density at radius 2 is 2.00 bits per heavy atom. The Bertz CT molecular complexity index is 613. The first-order valence-electron chi connectivity index (χ1n) is 6.02. The Hall–Kier alpha value is -2.15. The minimum atomic E-state index is -1.21. The molecule has 0 aromatic heterocycles. The summed E-state index contributed by atoms with van der Waals surface area (Å²) in [7, 11) is 0. The molecule has 0 saturated heterocycles. The zero-order valence-electron chi connectivity index (χ0n) is 11.8. The van der Waals surface area contributed by atoms with Crippen LogP contribution in [-0.2, 0) is 9.59 Å². The van der Waals surface area contributed by atoms with Crippen molar-refractivity contribution in [2.75, 3.05) is 5.32 Å². The molecule has 0 heterocycles. The van der Waals surface area contributed by atoms with Crippen LogP contribution in [0.4, 0.5) is 11.4 Å². The minimum Gasteiger partial charge on any atom is -0.481 e. The van der Waals surface area contributed by atoms with Gasteiger partial charge in [0, 0.05) is 18.2 Å². The lowest BCUT2D eigenvalue weighted by atomic mass is 9.89. The van der Waals surface area contributed by atoms with E-state index in [1.54, 1.807) is 6.92 Å². The smallest absolute Gasteiger partial charge is 0.309 e. The van der Waals surface area contributed by atoms with Crippen molar-refractivity contribution in [2.24, 2.45) is 5.41 Å². The molecular weight excluding hydrogens is 300 g/mol. The predicted octanol–water partition coefficient (Wildman–Crippen LogP) is 3.00. The van der Waals surface area contributed by atoms with Crippen molar-refractivity contribution >= 4 is 34.9 Å². The monoisotopic (exact) mass is 314 g/mol. The number of carboxylic acids is 1. The normalized spacial score (nSPS) is 11.0. The number of nitrogens with one attached hydrogen (secondary N) is 1. The van der Waals surface area contributed by atoms with Gasteiger partial charge in [0.1, 0.15) is 5.02 Å². The number of anilines is 1. The van der Waals surface area contributed by atoms with Crippen LogP contribution in [0.1, 0.15) is 25.8 Å². The van der Waals surface area contributed by atoms with E-state index in [9.17, 15) is 19.7 Å². The fourth-order valence-corrected chi connectivity index (χ4v) is 1.84. The van der Waals surface area contributed by atoms with Crippen molar-refractivity contribution in [2.45, 2.75) is 27.2 Å². The second-order valence-electron chi connectivity index (χ2n) is 5.29. The number of carbonyl (C=O) groups excluding carboxylic acids is 1. The summed E-state index contributed by atoms with van der Waals surface area (Å²) in [5.74, 6) is -1.59. The van der Waals surface area contributed by atoms with Gasteiger partial charge in [0.05, 0.1) is 10.3 Å². The predicted molar refractivity (Wildman–Crippen MR) is 77.5 cm³/mol. The highest BCUT2D eigenvalue weighted by Gasteiger charge is 2.30. The van der Waals surface area contributed by atoms with Crippen LogP contribution in [0.3, 0.4) is 0 Å². The van der Waals surface area contributed by atoms with Gasteiger partial charge in [-0.05, 0) is 32.4 Å². The quantitative estimate of drug-likeness (QED) is 0.641. The zero-order valence-corrected chi connectivity index (χ0v) is 12.5. The molecule has 8 heteroatoms. The average Bonchev–Trinajstić information content (AvgIpc) is 2.31. The SMILES string of the molecule is Cc1cc([N+](=O)[O-])c(Cl)cc1NC(=O)CC(C)(C)C(=O)O. The highest BCUT2D eigenvalue weighted by Crippen LogP contribution is 2.31. The third-order valence-electron chi connectivity index (χ3n) is 2.95. The van der Waals surface area contributed by atoms with Gasteiger partial charge in [0.25, 0.3) is 5.69 Å². The Labute approximate surface area is 126 Å². The molecule has 2 N–H and O–H groups in total. The molecule has 1 amide bonds. The molecule has 114 valence electrons. The number of carbonyl (C=O) groups is 2. The van der Waals surface area contributed by atoms with Gasteiger partial charge in [-0.3, -0.25) is 19.7 Å². The summed E-state index contributed by atoms with van der Waals surface area (Å²) >= 11 is 5.78. The van der Waals surface area contributed by atoms with Crippen LogP contribution in [0, 0.1) is 22.5 Å². The van der Waals surface area contributed by atoms with Gasteiger partial charge in [-0.25, -0.2) is 0 Å². The molecule has 1 aromatic carbocycles. The van der Waals surface area contributed by atoms with Gasteiger partial charge in [0.2, 0.25) is 5.91 Å². The maximum atomic E-state index is 11.9. The molecule has 7 nitrogen and oxygen atoms in total. The van der Waals surface area contributed by atoms with Gasteiger partial charge >= 0.3 is 5.97 Å². The molecule has 1 rings (SSSR count). The minimum absolute atomic E-state index is 0.0987. The van der Waals surface area contributed by atoms with E-state index in [4.69, 9.17) is 16.7 Å². The highest BCUT2D eigenvalue weighted by atomic mass is 35.5. The summed E-state index contributed by atoms with van der Waals surface area (Å²) in [6, 6.07) is 2.53. The molecule has 0 radical (unpaired) electrons. The second-order valence-corrected chi connectivity index (χ2v) is 5.70. The van der Waals surface area contributed by atoms with E-state index in [1.807, 2.05) is 0 Å². The van der Waals surface area contributed by atoms with E-state index < -0.39 is 22.2 Å². The van der Waals surface area contributed by atoms with Gasteiger partial charge in [-0.2, -0.15) is 0 Å². The molecule has 0 spiro atoms. The van der Waals surface area contributed by atoms with E-state index in [0.717, 1.165) is 0 Å². The number of amides is 1. The fourth-order valence-electron chi connectivity index (χ4n) is 1.61. The lowest BCUT2D eigenvalue weighted by Crippen LogP contribution is -2.29. The number of aryl methyl sites for hydroxylation is 1. The number of nitro benzene ring substituents is 1. The van der Waals surface area contributed by atoms with E-state index >= 15 is 0 Å². The Morgan fingerprint density at radius 3 is 2.48 bits per heavy atom. The Morgan fingerprint density at radius 1 is 1.43 bits per heavy atom. The molecule has 21 heavy (non-hydrogen) atoms. The topological polar surface area (TPSA) is 110 Å². The molecule has 0 bridgehead atoms. The van der Waals surface area contributed by atoms with Gasteiger partial charge in [0.15, 0.2) is 0 Å². The van der Waals surface area contributed by atoms with Gasteiger partial charge < -0.3 is 10.4 Å². The molecule has 0 aliphatic carbocycles. The van der Waals surface area contributed by atoms with Crippen LogP contribution >= 0.6 is 11.6 Å². The van der Waals surface area contributed by atoms with E-state index in [1.165, 1.54) is 26.0 Å². The number of rotatable bonds is 5. The first-order valence-corrected chi connectivity index (χ1v) is 6.40. The number of nitro groups is 1. The van der Waals surface area contributed by atoms with Crippen LogP contribution < -0.4 is 5.32 Å². The lowest BCUT2D eigenvalue weighted by molar-refractivity contribution is -0.384. The van der Waals surface area contributed by atoms with Crippen LogP contribution in [0.2, 0.25) is 5.02 Å². The van der Waals surface area contributed by atoms with Crippen molar-refractivity contribution in [3.63, 3.8) is 0 Å². The number of aliphatic carboxylic acids is 1. The first-order chi connectivity index (χ1) is 9.54. The molecule has 0 aliphatic rings. The van der Waals surface area contributed by atoms with Crippen LogP contribution in [0.25, 0.3) is 0 Å². The Kier molecular flexibility index (Phi) is 4.90. The summed E-state index contributed by atoms with van der Waals surface area (Å²) in [5, 5.41) is 22.1. The molecule has 0 atom stereocenters. The molecule has 1 aromatic rings. The summed E-state index contributed by atoms with van der Waals surface area (Å²) < 4.78 is 0. The van der Waals surface area contributed by atoms with Crippen LogP contribution in [-0.4, -0.2) is 21.9 Å². The van der Waals surface area contributed by atoms with Gasteiger partial charge in [-0.15, -0.1) is 0 Å². The maximum Gasteiger partial charge on any atom is 0.309 e. The largest absolute Gasteiger partial charge is 0.481 e. The first kappa shape index (κ1) is 16.9. The van der Waals surface area contributed by atoms with Crippen LogP contribution in [0.15, 0.2) is 12.1 Å². The van der Waals surface area contributed by atoms with Crippen molar-refractivity contribution in [3.05, 3.63) is 32.8 Å².